The zero-order valence-electron chi connectivity index (χ0n) is 6.61. The van der Waals surface area contributed by atoms with E-state index >= 15 is 0 Å². The SMILES string of the molecule is NCCC(O)CC(O)CCO. The van der Waals surface area contributed by atoms with E-state index in [0.717, 1.165) is 0 Å². The van der Waals surface area contributed by atoms with Crippen LogP contribution in [0.2, 0.25) is 0 Å². The first-order valence-corrected chi connectivity index (χ1v) is 3.87. The normalized spacial score (nSPS) is 16.4. The Bertz CT molecular complexity index is 79.8. The Kier molecular flexibility index (Phi) is 6.45. The van der Waals surface area contributed by atoms with Gasteiger partial charge in [-0.25, -0.2) is 0 Å². The molecule has 0 aliphatic carbocycles. The first-order chi connectivity index (χ1) is 5.20. The van der Waals surface area contributed by atoms with Crippen LogP contribution in [0.15, 0.2) is 0 Å². The highest BCUT2D eigenvalue weighted by atomic mass is 16.3. The Morgan fingerprint density at radius 2 is 1.64 bits per heavy atom. The van der Waals surface area contributed by atoms with E-state index in [-0.39, 0.29) is 6.61 Å². The lowest BCUT2D eigenvalue weighted by Crippen LogP contribution is -2.21. The Balaban J connectivity index is 3.32. The molecule has 0 aromatic carbocycles. The average Bonchev–Trinajstić information content (AvgIpc) is 1.87. The second kappa shape index (κ2) is 6.54. The van der Waals surface area contributed by atoms with E-state index in [0.29, 0.717) is 25.8 Å². The summed E-state index contributed by atoms with van der Waals surface area (Å²) in [6.07, 6.45) is -0.0230. The fourth-order valence-corrected chi connectivity index (χ4v) is 0.891. The van der Waals surface area contributed by atoms with Gasteiger partial charge in [0.15, 0.2) is 0 Å². The average molecular weight is 163 g/mol. The number of nitrogens with two attached hydrogens (primary N) is 1. The number of aliphatic hydroxyl groups is 3. The molecule has 0 aromatic rings. The number of rotatable bonds is 6. The van der Waals surface area contributed by atoms with Gasteiger partial charge < -0.3 is 21.1 Å². The molecule has 0 rings (SSSR count). The molecule has 0 radical (unpaired) electrons. The number of aliphatic hydroxyl groups excluding tert-OH is 3. The first-order valence-electron chi connectivity index (χ1n) is 3.87. The van der Waals surface area contributed by atoms with Gasteiger partial charge in [-0.15, -0.1) is 0 Å². The molecule has 0 saturated carbocycles. The molecule has 0 amide bonds. The zero-order valence-corrected chi connectivity index (χ0v) is 6.61. The Morgan fingerprint density at radius 1 is 1.09 bits per heavy atom. The highest BCUT2D eigenvalue weighted by Gasteiger charge is 2.09. The standard InChI is InChI=1S/C7H17NO3/c8-3-1-6(10)5-7(11)2-4-9/h6-7,9-11H,1-5,8H2. The van der Waals surface area contributed by atoms with Gasteiger partial charge in [-0.05, 0) is 25.8 Å². The molecular weight excluding hydrogens is 146 g/mol. The summed E-state index contributed by atoms with van der Waals surface area (Å²) in [5.74, 6) is 0. The van der Waals surface area contributed by atoms with E-state index in [4.69, 9.17) is 21.1 Å². The highest BCUT2D eigenvalue weighted by molar-refractivity contribution is 4.63. The van der Waals surface area contributed by atoms with Crippen molar-refractivity contribution < 1.29 is 15.3 Å². The van der Waals surface area contributed by atoms with Crippen molar-refractivity contribution in [2.75, 3.05) is 13.2 Å². The lowest BCUT2D eigenvalue weighted by molar-refractivity contribution is 0.0615. The molecule has 0 aliphatic rings. The summed E-state index contributed by atoms with van der Waals surface area (Å²) in [5.41, 5.74) is 5.19. The molecule has 0 heterocycles. The molecule has 0 aliphatic heterocycles. The molecule has 68 valence electrons. The van der Waals surface area contributed by atoms with Gasteiger partial charge in [0.1, 0.15) is 0 Å². The fourth-order valence-electron chi connectivity index (χ4n) is 0.891. The van der Waals surface area contributed by atoms with Crippen molar-refractivity contribution in [3.63, 3.8) is 0 Å². The molecule has 4 heteroatoms. The summed E-state index contributed by atoms with van der Waals surface area (Å²) >= 11 is 0. The van der Waals surface area contributed by atoms with E-state index in [1.807, 2.05) is 0 Å². The first kappa shape index (κ1) is 10.8. The summed E-state index contributed by atoms with van der Waals surface area (Å²) < 4.78 is 0. The number of hydrogen-bond donors (Lipinski definition) is 4. The Labute approximate surface area is 66.7 Å². The molecule has 11 heavy (non-hydrogen) atoms. The molecule has 2 unspecified atom stereocenters. The van der Waals surface area contributed by atoms with Gasteiger partial charge in [0.05, 0.1) is 12.2 Å². The maximum atomic E-state index is 9.12. The fraction of sp³-hybridized carbons (Fsp3) is 1.00. The maximum absolute atomic E-state index is 9.12. The lowest BCUT2D eigenvalue weighted by Gasteiger charge is -2.13. The van der Waals surface area contributed by atoms with Gasteiger partial charge in [-0.3, -0.25) is 0 Å². The Hall–Kier alpha value is -0.160. The van der Waals surface area contributed by atoms with Crippen molar-refractivity contribution >= 4 is 0 Å². The summed E-state index contributed by atoms with van der Waals surface area (Å²) in [5, 5.41) is 26.6. The van der Waals surface area contributed by atoms with Crippen LogP contribution < -0.4 is 5.73 Å². The van der Waals surface area contributed by atoms with E-state index < -0.39 is 12.2 Å². The summed E-state index contributed by atoms with van der Waals surface area (Å²) in [6, 6.07) is 0. The van der Waals surface area contributed by atoms with Crippen LogP contribution in [0.5, 0.6) is 0 Å². The van der Waals surface area contributed by atoms with Crippen molar-refractivity contribution in [1.82, 2.24) is 0 Å². The van der Waals surface area contributed by atoms with Crippen LogP contribution in [0.1, 0.15) is 19.3 Å². The van der Waals surface area contributed by atoms with Gasteiger partial charge in [-0.1, -0.05) is 0 Å². The molecule has 4 nitrogen and oxygen atoms in total. The molecule has 0 fully saturated rings. The smallest absolute Gasteiger partial charge is 0.0586 e. The van der Waals surface area contributed by atoms with Crippen LogP contribution in [-0.4, -0.2) is 40.7 Å². The van der Waals surface area contributed by atoms with Crippen LogP contribution in [0, 0.1) is 0 Å². The van der Waals surface area contributed by atoms with Gasteiger partial charge in [0.25, 0.3) is 0 Å². The van der Waals surface area contributed by atoms with Crippen molar-refractivity contribution in [2.24, 2.45) is 5.73 Å². The predicted molar refractivity (Wildman–Crippen MR) is 42.0 cm³/mol. The van der Waals surface area contributed by atoms with Crippen LogP contribution in [0.25, 0.3) is 0 Å². The van der Waals surface area contributed by atoms with E-state index in [2.05, 4.69) is 0 Å². The topological polar surface area (TPSA) is 86.7 Å². The molecule has 0 spiro atoms. The van der Waals surface area contributed by atoms with Crippen LogP contribution >= 0.6 is 0 Å². The van der Waals surface area contributed by atoms with Gasteiger partial charge >= 0.3 is 0 Å². The van der Waals surface area contributed by atoms with Gasteiger partial charge in [0.2, 0.25) is 0 Å². The molecule has 0 bridgehead atoms. The van der Waals surface area contributed by atoms with Crippen molar-refractivity contribution in [3.05, 3.63) is 0 Å². The zero-order chi connectivity index (χ0) is 8.69. The van der Waals surface area contributed by atoms with Crippen molar-refractivity contribution in [2.45, 2.75) is 31.5 Å². The van der Waals surface area contributed by atoms with Gasteiger partial charge in [-0.2, -0.15) is 0 Å². The minimum atomic E-state index is -0.610. The second-order valence-corrected chi connectivity index (χ2v) is 2.63. The van der Waals surface area contributed by atoms with Crippen LogP contribution in [0.4, 0.5) is 0 Å². The summed E-state index contributed by atoms with van der Waals surface area (Å²) in [7, 11) is 0. The monoisotopic (exact) mass is 163 g/mol. The van der Waals surface area contributed by atoms with E-state index in [9.17, 15) is 0 Å². The van der Waals surface area contributed by atoms with Crippen molar-refractivity contribution in [1.29, 1.82) is 0 Å². The highest BCUT2D eigenvalue weighted by Crippen LogP contribution is 2.04. The lowest BCUT2D eigenvalue weighted by atomic mass is 10.1. The summed E-state index contributed by atoms with van der Waals surface area (Å²) in [4.78, 5) is 0. The molecule has 0 saturated heterocycles. The van der Waals surface area contributed by atoms with Crippen molar-refractivity contribution in [3.8, 4) is 0 Å². The third kappa shape index (κ3) is 6.25. The third-order valence-electron chi connectivity index (χ3n) is 1.51. The molecule has 5 N–H and O–H groups in total. The molecule has 2 atom stereocenters. The minimum absolute atomic E-state index is 0.0451. The minimum Gasteiger partial charge on any atom is -0.396 e. The Morgan fingerprint density at radius 3 is 2.09 bits per heavy atom. The largest absolute Gasteiger partial charge is 0.396 e. The molecule has 0 aromatic heterocycles. The van der Waals surface area contributed by atoms with Crippen LogP contribution in [0.3, 0.4) is 0 Å². The molecular formula is C7H17NO3. The van der Waals surface area contributed by atoms with Gasteiger partial charge in [0, 0.05) is 6.61 Å². The quantitative estimate of drug-likeness (QED) is 0.397. The summed E-state index contributed by atoms with van der Waals surface area (Å²) in [6.45, 7) is 0.378. The van der Waals surface area contributed by atoms with Crippen LogP contribution in [-0.2, 0) is 0 Å². The van der Waals surface area contributed by atoms with E-state index in [1.54, 1.807) is 0 Å². The second-order valence-electron chi connectivity index (χ2n) is 2.63. The number of hydrogen-bond acceptors (Lipinski definition) is 4. The predicted octanol–water partition coefficient (Wildman–Crippen LogP) is -1.17. The third-order valence-corrected chi connectivity index (χ3v) is 1.51. The van der Waals surface area contributed by atoms with E-state index in [1.165, 1.54) is 0 Å². The maximum Gasteiger partial charge on any atom is 0.0586 e.